The van der Waals surface area contributed by atoms with E-state index in [0.29, 0.717) is 24.2 Å². The molecule has 0 radical (unpaired) electrons. The molecule has 44 heavy (non-hydrogen) atoms. The van der Waals surface area contributed by atoms with E-state index in [2.05, 4.69) is 31.9 Å². The summed E-state index contributed by atoms with van der Waals surface area (Å²) in [6.07, 6.45) is 4.31. The van der Waals surface area contributed by atoms with Crippen LogP contribution in [0.1, 0.15) is 33.6 Å². The SMILES string of the molecule is C=CCN(C(=O)C1N(CCO)C(=O)[C@@H]2[C@@H](C(=O)N(CC=C)c3ccccc3)[C@@]3(C)CCC12O3)c1ccc(N(CC)CC)cc1. The van der Waals surface area contributed by atoms with Gasteiger partial charge in [-0.05, 0) is 70.0 Å². The Morgan fingerprint density at radius 3 is 2.07 bits per heavy atom. The Bertz CT molecular complexity index is 1390. The van der Waals surface area contributed by atoms with Gasteiger partial charge in [0.2, 0.25) is 11.8 Å². The van der Waals surface area contributed by atoms with Crippen LogP contribution in [0.5, 0.6) is 0 Å². The molecule has 1 spiro atoms. The van der Waals surface area contributed by atoms with E-state index in [9.17, 15) is 19.5 Å². The molecule has 3 heterocycles. The predicted octanol–water partition coefficient (Wildman–Crippen LogP) is 4.03. The molecule has 5 atom stereocenters. The van der Waals surface area contributed by atoms with Crippen molar-refractivity contribution < 1.29 is 24.2 Å². The van der Waals surface area contributed by atoms with Gasteiger partial charge in [0, 0.05) is 49.8 Å². The number of aliphatic hydroxyl groups is 1. The highest BCUT2D eigenvalue weighted by Gasteiger charge is 2.78. The molecule has 2 unspecified atom stereocenters. The molecule has 5 rings (SSSR count). The standard InChI is InChI=1S/C35H44N4O5/c1-6-21-37(26-13-11-10-12-14-26)31(41)28-29-32(42)39(23-24-40)30(35(29)20-19-34(28,5)44-35)33(43)38(22-7-2)27-17-15-25(16-18-27)36(8-3)9-4/h6-7,10-18,28-30,40H,1-2,8-9,19-24H2,3-5H3/t28-,29-,30?,34+,35?/m0/s1. The van der Waals surface area contributed by atoms with Crippen molar-refractivity contribution in [3.05, 3.63) is 79.9 Å². The second kappa shape index (κ2) is 12.6. The van der Waals surface area contributed by atoms with Gasteiger partial charge < -0.3 is 29.4 Å². The zero-order valence-corrected chi connectivity index (χ0v) is 26.0. The molecule has 3 aliphatic heterocycles. The Hall–Kier alpha value is -3.95. The molecular weight excluding hydrogens is 556 g/mol. The summed E-state index contributed by atoms with van der Waals surface area (Å²) in [7, 11) is 0. The van der Waals surface area contributed by atoms with Crippen molar-refractivity contribution in [2.45, 2.75) is 50.9 Å². The number of benzene rings is 2. The maximum atomic E-state index is 14.7. The van der Waals surface area contributed by atoms with Crippen LogP contribution in [0.3, 0.4) is 0 Å². The van der Waals surface area contributed by atoms with E-state index in [0.717, 1.165) is 18.8 Å². The molecule has 0 aromatic heterocycles. The van der Waals surface area contributed by atoms with Gasteiger partial charge in [-0.25, -0.2) is 0 Å². The van der Waals surface area contributed by atoms with Gasteiger partial charge in [-0.3, -0.25) is 14.4 Å². The van der Waals surface area contributed by atoms with Crippen LogP contribution >= 0.6 is 0 Å². The van der Waals surface area contributed by atoms with Crippen molar-refractivity contribution in [3.63, 3.8) is 0 Å². The minimum atomic E-state index is -1.20. The molecule has 3 fully saturated rings. The van der Waals surface area contributed by atoms with E-state index in [1.807, 2.05) is 61.5 Å². The molecule has 2 aromatic rings. The largest absolute Gasteiger partial charge is 0.395 e. The highest BCUT2D eigenvalue weighted by molar-refractivity contribution is 6.06. The fraction of sp³-hybridized carbons (Fsp3) is 0.457. The zero-order valence-electron chi connectivity index (χ0n) is 26.0. The first-order valence-corrected chi connectivity index (χ1v) is 15.6. The van der Waals surface area contributed by atoms with Gasteiger partial charge in [-0.15, -0.1) is 13.2 Å². The first-order valence-electron chi connectivity index (χ1n) is 15.6. The molecular formula is C35H44N4O5. The maximum absolute atomic E-state index is 14.7. The summed E-state index contributed by atoms with van der Waals surface area (Å²) in [5.41, 5.74) is 0.304. The van der Waals surface area contributed by atoms with Gasteiger partial charge in [-0.2, -0.15) is 0 Å². The normalized spacial score (nSPS) is 26.8. The Balaban J connectivity index is 1.54. The molecule has 0 saturated carbocycles. The van der Waals surface area contributed by atoms with E-state index in [1.165, 1.54) is 4.90 Å². The number of rotatable bonds is 13. The van der Waals surface area contributed by atoms with Crippen molar-refractivity contribution in [2.24, 2.45) is 11.8 Å². The summed E-state index contributed by atoms with van der Waals surface area (Å²) in [5.74, 6) is -2.54. The lowest BCUT2D eigenvalue weighted by Gasteiger charge is -2.37. The number of fused-ring (bicyclic) bond motifs is 1. The number of likely N-dealkylation sites (tertiary alicyclic amines) is 1. The highest BCUT2D eigenvalue weighted by atomic mass is 16.5. The first-order chi connectivity index (χ1) is 21.2. The van der Waals surface area contributed by atoms with Crippen LogP contribution in [-0.2, 0) is 19.1 Å². The average molecular weight is 601 g/mol. The Morgan fingerprint density at radius 1 is 0.932 bits per heavy atom. The lowest BCUT2D eigenvalue weighted by molar-refractivity contribution is -0.145. The second-order valence-electron chi connectivity index (χ2n) is 12.0. The number of anilines is 3. The van der Waals surface area contributed by atoms with Gasteiger partial charge in [0.1, 0.15) is 11.6 Å². The van der Waals surface area contributed by atoms with Crippen LogP contribution in [-0.4, -0.2) is 84.3 Å². The number of hydrogen-bond donors (Lipinski definition) is 1. The number of para-hydroxylation sites is 1. The number of β-amino-alcohol motifs (C(OH)–C–C–N with tert-alkyl or cyclic N) is 1. The average Bonchev–Trinajstić information content (AvgIpc) is 3.60. The number of hydrogen-bond acceptors (Lipinski definition) is 6. The van der Waals surface area contributed by atoms with Crippen molar-refractivity contribution in [2.75, 3.05) is 54.0 Å². The Labute approximate surface area is 260 Å². The topological polar surface area (TPSA) is 93.6 Å². The molecule has 9 nitrogen and oxygen atoms in total. The molecule has 3 saturated heterocycles. The molecule has 1 N–H and O–H groups in total. The van der Waals surface area contributed by atoms with Gasteiger partial charge in [0.25, 0.3) is 5.91 Å². The number of aliphatic hydroxyl groups excluding tert-OH is 1. The molecule has 3 amide bonds. The number of carbonyl (C=O) groups excluding carboxylic acids is 3. The quantitative estimate of drug-likeness (QED) is 0.349. The summed E-state index contributed by atoms with van der Waals surface area (Å²) in [6, 6.07) is 16.1. The lowest BCUT2D eigenvalue weighted by Crippen LogP contribution is -2.57. The van der Waals surface area contributed by atoms with Gasteiger partial charge in [0.15, 0.2) is 0 Å². The van der Waals surface area contributed by atoms with E-state index >= 15 is 0 Å². The Morgan fingerprint density at radius 2 is 1.50 bits per heavy atom. The van der Waals surface area contributed by atoms with E-state index in [4.69, 9.17) is 4.74 Å². The third-order valence-electron chi connectivity index (χ3n) is 9.63. The molecule has 9 heteroatoms. The number of ether oxygens (including phenoxy) is 1. The Kier molecular flexibility index (Phi) is 9.00. The predicted molar refractivity (Wildman–Crippen MR) is 173 cm³/mol. The minimum Gasteiger partial charge on any atom is -0.395 e. The second-order valence-corrected chi connectivity index (χ2v) is 12.0. The minimum absolute atomic E-state index is 0.0354. The molecule has 0 aliphatic carbocycles. The maximum Gasteiger partial charge on any atom is 0.253 e. The number of nitrogens with zero attached hydrogens (tertiary/aromatic N) is 4. The van der Waals surface area contributed by atoms with E-state index < -0.39 is 29.1 Å². The molecule has 234 valence electrons. The molecule has 3 aliphatic rings. The molecule has 2 bridgehead atoms. The fourth-order valence-corrected chi connectivity index (χ4v) is 7.69. The molecule has 2 aromatic carbocycles. The van der Waals surface area contributed by atoms with E-state index in [-0.39, 0.29) is 44.0 Å². The lowest BCUT2D eigenvalue weighted by atomic mass is 9.66. The number of carbonyl (C=O) groups is 3. The smallest absolute Gasteiger partial charge is 0.253 e. The summed E-state index contributed by atoms with van der Waals surface area (Å²) in [4.78, 5) is 50.3. The van der Waals surface area contributed by atoms with Crippen LogP contribution in [0, 0.1) is 11.8 Å². The van der Waals surface area contributed by atoms with Crippen LogP contribution < -0.4 is 14.7 Å². The van der Waals surface area contributed by atoms with Crippen molar-refractivity contribution in [1.82, 2.24) is 4.90 Å². The third-order valence-corrected chi connectivity index (χ3v) is 9.63. The highest BCUT2D eigenvalue weighted by Crippen LogP contribution is 2.63. The summed E-state index contributed by atoms with van der Waals surface area (Å²) in [6.45, 7) is 15.7. The van der Waals surface area contributed by atoms with Crippen LogP contribution in [0.15, 0.2) is 79.9 Å². The monoisotopic (exact) mass is 600 g/mol. The van der Waals surface area contributed by atoms with Gasteiger partial charge >= 0.3 is 0 Å². The van der Waals surface area contributed by atoms with Gasteiger partial charge in [-0.1, -0.05) is 30.4 Å². The van der Waals surface area contributed by atoms with Crippen LogP contribution in [0.4, 0.5) is 17.1 Å². The van der Waals surface area contributed by atoms with Crippen LogP contribution in [0.25, 0.3) is 0 Å². The zero-order chi connectivity index (χ0) is 31.6. The van der Waals surface area contributed by atoms with E-state index in [1.54, 1.807) is 22.0 Å². The van der Waals surface area contributed by atoms with Crippen LogP contribution in [0.2, 0.25) is 0 Å². The van der Waals surface area contributed by atoms with Crippen molar-refractivity contribution in [3.8, 4) is 0 Å². The first kappa shape index (κ1) is 31.5. The number of amides is 3. The summed E-state index contributed by atoms with van der Waals surface area (Å²) < 4.78 is 6.80. The summed E-state index contributed by atoms with van der Waals surface area (Å²) >= 11 is 0. The van der Waals surface area contributed by atoms with Crippen molar-refractivity contribution in [1.29, 1.82) is 0 Å². The van der Waals surface area contributed by atoms with Gasteiger partial charge in [0.05, 0.1) is 24.0 Å². The third kappa shape index (κ3) is 5.02. The van der Waals surface area contributed by atoms with Crippen molar-refractivity contribution >= 4 is 34.8 Å². The summed E-state index contributed by atoms with van der Waals surface area (Å²) in [5, 5.41) is 10.0. The fourth-order valence-electron chi connectivity index (χ4n) is 7.69.